The maximum atomic E-state index is 5.25. The summed E-state index contributed by atoms with van der Waals surface area (Å²) in [5.74, 6) is 2.64. The van der Waals surface area contributed by atoms with Crippen LogP contribution in [0.1, 0.15) is 31.2 Å². The molecule has 1 atom stereocenters. The summed E-state index contributed by atoms with van der Waals surface area (Å²) < 4.78 is 4.59. The topological polar surface area (TPSA) is 51.0 Å². The van der Waals surface area contributed by atoms with E-state index in [-0.39, 0.29) is 0 Å². The first-order valence-electron chi connectivity index (χ1n) is 4.72. The molecule has 0 saturated heterocycles. The number of nitrogens with one attached hydrogen (secondary N) is 1. The highest BCUT2D eigenvalue weighted by Gasteiger charge is 2.08. The van der Waals surface area contributed by atoms with Crippen molar-refractivity contribution in [3.8, 4) is 12.3 Å². The minimum absolute atomic E-state index is 0.344. The van der Waals surface area contributed by atoms with Gasteiger partial charge in [0.15, 0.2) is 0 Å². The molecule has 4 heteroatoms. The Labute approximate surface area is 84.0 Å². The normalized spacial score (nSPS) is 12.4. The lowest BCUT2D eigenvalue weighted by Gasteiger charge is -2.12. The summed E-state index contributed by atoms with van der Waals surface area (Å²) in [7, 11) is 0. The zero-order valence-corrected chi connectivity index (χ0v) is 8.58. The van der Waals surface area contributed by atoms with Crippen LogP contribution in [-0.4, -0.2) is 16.4 Å². The van der Waals surface area contributed by atoms with Gasteiger partial charge >= 0.3 is 0 Å². The van der Waals surface area contributed by atoms with Crippen LogP contribution in [0.2, 0.25) is 0 Å². The smallest absolute Gasteiger partial charge is 0.121 e. The van der Waals surface area contributed by atoms with E-state index < -0.39 is 0 Å². The molecule has 0 aromatic carbocycles. The molecule has 1 unspecified atom stereocenters. The van der Waals surface area contributed by atoms with Crippen molar-refractivity contribution >= 4 is 0 Å². The average molecular weight is 193 g/mol. The van der Waals surface area contributed by atoms with Gasteiger partial charge in [0.2, 0.25) is 0 Å². The quantitative estimate of drug-likeness (QED) is 0.715. The van der Waals surface area contributed by atoms with Crippen LogP contribution in [0.3, 0.4) is 0 Å². The van der Waals surface area contributed by atoms with Gasteiger partial charge in [-0.3, -0.25) is 0 Å². The minimum atomic E-state index is 0.344. The average Bonchev–Trinajstić information content (AvgIpc) is 2.59. The van der Waals surface area contributed by atoms with Gasteiger partial charge in [0, 0.05) is 19.0 Å². The lowest BCUT2D eigenvalue weighted by Crippen LogP contribution is -2.27. The molecule has 0 fully saturated rings. The fourth-order valence-electron chi connectivity index (χ4n) is 1.15. The number of aromatic nitrogens is 2. The Morgan fingerprint density at radius 1 is 1.57 bits per heavy atom. The molecule has 0 saturated carbocycles. The third kappa shape index (κ3) is 2.86. The first-order valence-corrected chi connectivity index (χ1v) is 4.72. The van der Waals surface area contributed by atoms with Gasteiger partial charge in [-0.15, -0.1) is 12.3 Å². The van der Waals surface area contributed by atoms with E-state index in [9.17, 15) is 0 Å². The molecule has 0 aliphatic carbocycles. The summed E-state index contributed by atoms with van der Waals surface area (Å²) in [6.45, 7) is 4.63. The van der Waals surface area contributed by atoms with E-state index in [1.807, 2.05) is 6.92 Å². The highest BCUT2D eigenvalue weighted by atomic mass is 16.6. The van der Waals surface area contributed by atoms with Gasteiger partial charge in [-0.25, -0.2) is 4.63 Å². The maximum Gasteiger partial charge on any atom is 0.121 e. The molecule has 0 spiro atoms. The Morgan fingerprint density at radius 3 is 2.86 bits per heavy atom. The van der Waals surface area contributed by atoms with Gasteiger partial charge in [0.1, 0.15) is 11.4 Å². The SMILES string of the molecule is C#CCC(CC)NCc1nonc1C. The number of terminal acetylenes is 1. The number of rotatable bonds is 5. The zero-order chi connectivity index (χ0) is 10.4. The van der Waals surface area contributed by atoms with Crippen molar-refractivity contribution < 1.29 is 4.63 Å². The van der Waals surface area contributed by atoms with E-state index in [0.717, 1.165) is 24.2 Å². The van der Waals surface area contributed by atoms with Crippen molar-refractivity contribution in [1.82, 2.24) is 15.6 Å². The van der Waals surface area contributed by atoms with Crippen LogP contribution >= 0.6 is 0 Å². The van der Waals surface area contributed by atoms with Crippen LogP contribution in [0, 0.1) is 19.3 Å². The van der Waals surface area contributed by atoms with Crippen molar-refractivity contribution in [3.63, 3.8) is 0 Å². The second-order valence-electron chi connectivity index (χ2n) is 3.19. The molecule has 1 aromatic heterocycles. The largest absolute Gasteiger partial charge is 0.307 e. The second-order valence-corrected chi connectivity index (χ2v) is 3.19. The van der Waals surface area contributed by atoms with E-state index in [0.29, 0.717) is 12.6 Å². The first kappa shape index (κ1) is 10.7. The predicted octanol–water partition coefficient (Wildman–Crippen LogP) is 1.27. The fourth-order valence-corrected chi connectivity index (χ4v) is 1.15. The number of hydrogen-bond donors (Lipinski definition) is 1. The van der Waals surface area contributed by atoms with E-state index in [2.05, 4.69) is 33.1 Å². The highest BCUT2D eigenvalue weighted by molar-refractivity contribution is 5.04. The Morgan fingerprint density at radius 2 is 2.36 bits per heavy atom. The molecule has 0 aliphatic heterocycles. The summed E-state index contributed by atoms with van der Waals surface area (Å²) in [4.78, 5) is 0. The molecule has 1 aromatic rings. The molecule has 1 rings (SSSR count). The van der Waals surface area contributed by atoms with Crippen LogP contribution in [0.25, 0.3) is 0 Å². The standard InChI is InChI=1S/C10H15N3O/c1-4-6-9(5-2)11-7-10-8(3)12-14-13-10/h1,9,11H,5-7H2,2-3H3. The van der Waals surface area contributed by atoms with Crippen LogP contribution in [0.4, 0.5) is 0 Å². The molecule has 0 aliphatic rings. The Balaban J connectivity index is 2.40. The summed E-state index contributed by atoms with van der Waals surface area (Å²) in [5.41, 5.74) is 1.67. The van der Waals surface area contributed by atoms with Crippen LogP contribution in [0.15, 0.2) is 4.63 Å². The Hall–Kier alpha value is -1.34. The summed E-state index contributed by atoms with van der Waals surface area (Å²) in [6.07, 6.45) is 6.99. The second kappa shape index (κ2) is 5.40. The van der Waals surface area contributed by atoms with Gasteiger partial charge in [-0.1, -0.05) is 17.2 Å². The van der Waals surface area contributed by atoms with Crippen LogP contribution in [0.5, 0.6) is 0 Å². The minimum Gasteiger partial charge on any atom is -0.307 e. The van der Waals surface area contributed by atoms with Crippen molar-refractivity contribution in [2.45, 2.75) is 39.3 Å². The number of aryl methyl sites for hydroxylation is 1. The zero-order valence-electron chi connectivity index (χ0n) is 8.58. The van der Waals surface area contributed by atoms with Crippen molar-refractivity contribution in [1.29, 1.82) is 0 Å². The van der Waals surface area contributed by atoms with E-state index >= 15 is 0 Å². The Kier molecular flexibility index (Phi) is 4.14. The fraction of sp³-hybridized carbons (Fsp3) is 0.600. The maximum absolute atomic E-state index is 5.25. The molecule has 1 N–H and O–H groups in total. The van der Waals surface area contributed by atoms with Crippen LogP contribution < -0.4 is 5.32 Å². The van der Waals surface area contributed by atoms with Gasteiger partial charge < -0.3 is 5.32 Å². The molecule has 76 valence electrons. The molecule has 0 amide bonds. The molecule has 4 nitrogen and oxygen atoms in total. The van der Waals surface area contributed by atoms with Crippen LogP contribution in [-0.2, 0) is 6.54 Å². The van der Waals surface area contributed by atoms with Gasteiger partial charge in [-0.05, 0) is 13.3 Å². The van der Waals surface area contributed by atoms with Gasteiger partial charge in [-0.2, -0.15) is 0 Å². The third-order valence-electron chi connectivity index (χ3n) is 2.16. The lowest BCUT2D eigenvalue weighted by atomic mass is 10.1. The van der Waals surface area contributed by atoms with E-state index in [1.54, 1.807) is 0 Å². The van der Waals surface area contributed by atoms with E-state index in [1.165, 1.54) is 0 Å². The highest BCUT2D eigenvalue weighted by Crippen LogP contribution is 2.02. The molecular formula is C10H15N3O. The molecule has 14 heavy (non-hydrogen) atoms. The van der Waals surface area contributed by atoms with Gasteiger partial charge in [0.05, 0.1) is 0 Å². The molecule has 0 bridgehead atoms. The summed E-state index contributed by atoms with van der Waals surface area (Å²) in [6, 6.07) is 0.344. The summed E-state index contributed by atoms with van der Waals surface area (Å²) >= 11 is 0. The number of nitrogens with zero attached hydrogens (tertiary/aromatic N) is 2. The lowest BCUT2D eigenvalue weighted by molar-refractivity contribution is 0.299. The summed E-state index contributed by atoms with van der Waals surface area (Å²) in [5, 5.41) is 10.8. The Bertz CT molecular complexity index is 313. The molecule has 0 radical (unpaired) electrons. The van der Waals surface area contributed by atoms with Crippen molar-refractivity contribution in [2.24, 2.45) is 0 Å². The van der Waals surface area contributed by atoms with E-state index in [4.69, 9.17) is 6.42 Å². The van der Waals surface area contributed by atoms with Crippen molar-refractivity contribution in [3.05, 3.63) is 11.4 Å². The predicted molar refractivity (Wildman–Crippen MR) is 53.4 cm³/mol. The number of hydrogen-bond acceptors (Lipinski definition) is 4. The molecule has 1 heterocycles. The molecular weight excluding hydrogens is 178 g/mol. The monoisotopic (exact) mass is 193 g/mol. The van der Waals surface area contributed by atoms with Crippen molar-refractivity contribution in [2.75, 3.05) is 0 Å². The van der Waals surface area contributed by atoms with Gasteiger partial charge in [0.25, 0.3) is 0 Å². The first-order chi connectivity index (χ1) is 6.77. The third-order valence-corrected chi connectivity index (χ3v) is 2.16.